The number of hydrogen-bond donors (Lipinski definition) is 2. The number of nitrogens with zero attached hydrogens (tertiary/aromatic N) is 6. The number of Topliss-reactive ketones (excluding diaryl/α,β-unsaturated/α-hetero) is 1. The zero-order chi connectivity index (χ0) is 27.6. The van der Waals surface area contributed by atoms with E-state index in [9.17, 15) is 31.5 Å². The summed E-state index contributed by atoms with van der Waals surface area (Å²) in [5.74, 6) is -5.57. The van der Waals surface area contributed by atoms with Crippen LogP contribution >= 0.6 is 0 Å². The van der Waals surface area contributed by atoms with Gasteiger partial charge in [-0.1, -0.05) is 0 Å². The molecule has 5 rings (SSSR count). The number of hydrogen-bond acceptors (Lipinski definition) is 8. The van der Waals surface area contributed by atoms with Gasteiger partial charge in [0, 0.05) is 32.7 Å². The van der Waals surface area contributed by atoms with E-state index in [1.165, 1.54) is 17.9 Å². The van der Waals surface area contributed by atoms with Gasteiger partial charge < -0.3 is 11.1 Å². The number of aryl methyl sites for hydroxylation is 2. The molecule has 1 aliphatic carbocycles. The minimum absolute atomic E-state index is 0.00409. The van der Waals surface area contributed by atoms with Crippen LogP contribution in [0.1, 0.15) is 50.4 Å². The number of aromatic nitrogens is 6. The predicted molar refractivity (Wildman–Crippen MR) is 124 cm³/mol. The summed E-state index contributed by atoms with van der Waals surface area (Å²) >= 11 is 0. The minimum Gasteiger partial charge on any atom is -0.383 e. The van der Waals surface area contributed by atoms with Crippen LogP contribution in [-0.2, 0) is 28.5 Å². The van der Waals surface area contributed by atoms with Crippen LogP contribution in [0.2, 0.25) is 0 Å². The summed E-state index contributed by atoms with van der Waals surface area (Å²) < 4.78 is 66.4. The Balaban J connectivity index is 1.53. The second kappa shape index (κ2) is 8.63. The number of anilines is 2. The van der Waals surface area contributed by atoms with Crippen molar-refractivity contribution in [3.05, 3.63) is 17.6 Å². The zero-order valence-electron chi connectivity index (χ0n) is 20.4. The number of carbonyl (C=O) groups is 2. The highest BCUT2D eigenvalue weighted by atomic mass is 19.4. The summed E-state index contributed by atoms with van der Waals surface area (Å²) in [6.45, 7) is 1.58. The molecule has 0 aromatic carbocycles. The highest BCUT2D eigenvalue weighted by molar-refractivity contribution is 6.09. The second-order valence-corrected chi connectivity index (χ2v) is 10.0. The Bertz CT molecular complexity index is 1470. The second-order valence-electron chi connectivity index (χ2n) is 10.0. The Labute approximate surface area is 212 Å². The van der Waals surface area contributed by atoms with Crippen molar-refractivity contribution in [2.45, 2.75) is 63.0 Å². The molecule has 0 radical (unpaired) electrons. The summed E-state index contributed by atoms with van der Waals surface area (Å²) in [6, 6.07) is 0. The van der Waals surface area contributed by atoms with E-state index in [0.29, 0.717) is 17.7 Å². The molecule has 202 valence electrons. The number of nitrogens with two attached hydrogens (primary N) is 1. The lowest BCUT2D eigenvalue weighted by molar-refractivity contribution is -0.284. The molecule has 0 spiro atoms. The van der Waals surface area contributed by atoms with Crippen LogP contribution in [0.15, 0.2) is 6.20 Å². The van der Waals surface area contributed by atoms with E-state index in [2.05, 4.69) is 30.4 Å². The third-order valence-electron chi connectivity index (χ3n) is 6.91. The maximum Gasteiger partial charge on any atom is 0.453 e. The average molecular weight is 538 g/mol. The van der Waals surface area contributed by atoms with Gasteiger partial charge >= 0.3 is 12.1 Å². The van der Waals surface area contributed by atoms with Gasteiger partial charge in [-0.05, 0) is 25.7 Å². The third kappa shape index (κ3) is 4.43. The van der Waals surface area contributed by atoms with Crippen molar-refractivity contribution in [3.63, 3.8) is 0 Å². The van der Waals surface area contributed by atoms with E-state index in [0.717, 1.165) is 12.8 Å². The van der Waals surface area contributed by atoms with E-state index in [1.54, 1.807) is 6.92 Å². The van der Waals surface area contributed by atoms with Gasteiger partial charge in [0.05, 0.1) is 22.6 Å². The fourth-order valence-corrected chi connectivity index (χ4v) is 4.62. The number of halogens is 5. The van der Waals surface area contributed by atoms with Crippen molar-refractivity contribution in [3.8, 4) is 11.5 Å². The van der Waals surface area contributed by atoms with Gasteiger partial charge in [0.25, 0.3) is 0 Å². The van der Waals surface area contributed by atoms with Gasteiger partial charge in [0.1, 0.15) is 28.9 Å². The molecule has 1 unspecified atom stereocenters. The summed E-state index contributed by atoms with van der Waals surface area (Å²) in [5.41, 5.74) is 5.37. The molecular formula is C23H23F5N8O2. The molecule has 0 bridgehead atoms. The Kier molecular flexibility index (Phi) is 5.87. The lowest BCUT2D eigenvalue weighted by atomic mass is 9.79. The van der Waals surface area contributed by atoms with Gasteiger partial charge in [-0.2, -0.15) is 27.1 Å². The van der Waals surface area contributed by atoms with Crippen LogP contribution in [0.4, 0.5) is 33.6 Å². The first kappa shape index (κ1) is 25.9. The average Bonchev–Trinajstić information content (AvgIpc) is 3.49. The number of carbonyl (C=O) groups excluding carboxylic acids is 2. The molecule has 3 N–H and O–H groups in total. The van der Waals surface area contributed by atoms with Crippen LogP contribution in [0.25, 0.3) is 22.6 Å². The summed E-state index contributed by atoms with van der Waals surface area (Å²) in [6.07, 6.45) is -4.43. The molecule has 15 heteroatoms. The lowest BCUT2D eigenvalue weighted by Gasteiger charge is -2.22. The van der Waals surface area contributed by atoms with Crippen molar-refractivity contribution >= 4 is 34.4 Å². The Morgan fingerprint density at radius 1 is 1.18 bits per heavy atom. The first-order chi connectivity index (χ1) is 17.7. The summed E-state index contributed by atoms with van der Waals surface area (Å²) in [5, 5.41) is 6.98. The molecule has 2 aliphatic rings. The number of fused-ring (bicyclic) bond motifs is 2. The minimum atomic E-state index is -5.71. The SMILES string of the molecule is Cn1ncc2c(-c3nc(N)c4c(n3)NC(=O)C4(C)CC(=O)CC3CC3)nc(CCC(F)(F)C(F)(F)F)nc21. The first-order valence-electron chi connectivity index (χ1n) is 11.8. The van der Waals surface area contributed by atoms with Crippen LogP contribution in [-0.4, -0.2) is 53.5 Å². The molecule has 1 amide bonds. The topological polar surface area (TPSA) is 142 Å². The standard InChI is InChI=1S/C23H23F5N8O2/c1-21(8-11(37)7-10-3-4-10)14-16(29)33-18(34-17(14)35-20(21)38)15-12-9-30-36(2)19(12)32-13(31-15)5-6-22(24,25)23(26,27)28/h9-10H,3-8H2,1-2H3,(H3,29,33,34,35,38). The van der Waals surface area contributed by atoms with Crippen molar-refractivity contribution in [2.24, 2.45) is 13.0 Å². The number of alkyl halides is 5. The lowest BCUT2D eigenvalue weighted by Crippen LogP contribution is -2.36. The molecule has 3 aromatic heterocycles. The third-order valence-corrected chi connectivity index (χ3v) is 6.91. The number of rotatable bonds is 8. The summed E-state index contributed by atoms with van der Waals surface area (Å²) in [4.78, 5) is 42.4. The molecule has 3 aromatic rings. The summed E-state index contributed by atoms with van der Waals surface area (Å²) in [7, 11) is 1.51. The van der Waals surface area contributed by atoms with E-state index < -0.39 is 36.3 Å². The first-order valence-corrected chi connectivity index (χ1v) is 11.8. The fourth-order valence-electron chi connectivity index (χ4n) is 4.62. The Morgan fingerprint density at radius 3 is 2.55 bits per heavy atom. The van der Waals surface area contributed by atoms with Gasteiger partial charge in [-0.15, -0.1) is 0 Å². The molecular weight excluding hydrogens is 515 g/mol. The number of nitrogens with one attached hydrogen (secondary N) is 1. The molecule has 1 atom stereocenters. The van der Waals surface area contributed by atoms with Gasteiger partial charge in [0.15, 0.2) is 11.5 Å². The number of amides is 1. The van der Waals surface area contributed by atoms with E-state index in [-0.39, 0.29) is 52.4 Å². The maximum atomic E-state index is 13.5. The quantitative estimate of drug-likeness (QED) is 0.415. The van der Waals surface area contributed by atoms with Crippen LogP contribution in [0.3, 0.4) is 0 Å². The van der Waals surface area contributed by atoms with Crippen molar-refractivity contribution in [2.75, 3.05) is 11.1 Å². The zero-order valence-corrected chi connectivity index (χ0v) is 20.4. The van der Waals surface area contributed by atoms with E-state index in [4.69, 9.17) is 5.73 Å². The molecule has 38 heavy (non-hydrogen) atoms. The van der Waals surface area contributed by atoms with Crippen LogP contribution in [0.5, 0.6) is 0 Å². The monoisotopic (exact) mass is 538 g/mol. The largest absolute Gasteiger partial charge is 0.453 e. The number of ketones is 1. The molecule has 4 heterocycles. The molecule has 1 fully saturated rings. The van der Waals surface area contributed by atoms with Gasteiger partial charge in [-0.3, -0.25) is 14.3 Å². The smallest absolute Gasteiger partial charge is 0.383 e. The van der Waals surface area contributed by atoms with E-state index in [1.807, 2.05) is 0 Å². The normalized spacial score (nSPS) is 19.6. The fraction of sp³-hybridized carbons (Fsp3) is 0.522. The van der Waals surface area contributed by atoms with Crippen LogP contribution in [0, 0.1) is 5.92 Å². The van der Waals surface area contributed by atoms with Crippen molar-refractivity contribution in [1.82, 2.24) is 29.7 Å². The Hall–Kier alpha value is -3.78. The van der Waals surface area contributed by atoms with Crippen LogP contribution < -0.4 is 11.1 Å². The van der Waals surface area contributed by atoms with E-state index >= 15 is 0 Å². The highest BCUT2D eigenvalue weighted by Crippen LogP contribution is 2.44. The predicted octanol–water partition coefficient (Wildman–Crippen LogP) is 3.50. The highest BCUT2D eigenvalue weighted by Gasteiger charge is 2.56. The van der Waals surface area contributed by atoms with Crippen molar-refractivity contribution < 1.29 is 31.5 Å². The molecule has 1 aliphatic heterocycles. The van der Waals surface area contributed by atoms with Gasteiger partial charge in [0.2, 0.25) is 5.91 Å². The maximum absolute atomic E-state index is 13.5. The molecule has 10 nitrogen and oxygen atoms in total. The number of nitrogen functional groups attached to an aromatic ring is 1. The molecule has 1 saturated carbocycles. The van der Waals surface area contributed by atoms with Gasteiger partial charge in [-0.25, -0.2) is 19.9 Å². The van der Waals surface area contributed by atoms with Crippen molar-refractivity contribution in [1.29, 1.82) is 0 Å². The molecule has 0 saturated heterocycles. The Morgan fingerprint density at radius 2 is 1.89 bits per heavy atom.